The van der Waals surface area contributed by atoms with Crippen molar-refractivity contribution >= 4 is 49.4 Å². The zero-order valence-corrected chi connectivity index (χ0v) is 13.5. The topological polar surface area (TPSA) is 30.0 Å². The van der Waals surface area contributed by atoms with Gasteiger partial charge in [0.25, 0.3) is 0 Å². The number of hydrogen-bond acceptors (Lipinski definition) is 3. The normalized spacial score (nSPS) is 10.4. The SMILES string of the molecule is CC(=O)c1ccc(Br)cc1Sc1ccc(Br)cn1. The number of hydrogen-bond donors (Lipinski definition) is 0. The van der Waals surface area contributed by atoms with E-state index in [1.54, 1.807) is 13.1 Å². The van der Waals surface area contributed by atoms with E-state index in [1.165, 1.54) is 11.8 Å². The molecule has 0 atom stereocenters. The number of benzene rings is 1. The molecule has 0 radical (unpaired) electrons. The first kappa shape index (κ1) is 13.8. The summed E-state index contributed by atoms with van der Waals surface area (Å²) in [6.45, 7) is 1.57. The first-order valence-electron chi connectivity index (χ1n) is 5.16. The van der Waals surface area contributed by atoms with E-state index in [2.05, 4.69) is 36.8 Å². The Morgan fingerprint density at radius 1 is 1.17 bits per heavy atom. The zero-order chi connectivity index (χ0) is 13.1. The highest BCUT2D eigenvalue weighted by Gasteiger charge is 2.09. The fourth-order valence-electron chi connectivity index (χ4n) is 1.41. The Kier molecular flexibility index (Phi) is 4.59. The van der Waals surface area contributed by atoms with Crippen LogP contribution in [0.2, 0.25) is 0 Å². The number of rotatable bonds is 3. The van der Waals surface area contributed by atoms with Gasteiger partial charge in [0, 0.05) is 25.6 Å². The third-order valence-electron chi connectivity index (χ3n) is 2.24. The van der Waals surface area contributed by atoms with Crippen molar-refractivity contribution < 1.29 is 4.79 Å². The van der Waals surface area contributed by atoms with Gasteiger partial charge in [0.05, 0.1) is 0 Å². The molecule has 1 aromatic carbocycles. The summed E-state index contributed by atoms with van der Waals surface area (Å²) in [7, 11) is 0. The van der Waals surface area contributed by atoms with E-state index >= 15 is 0 Å². The quantitative estimate of drug-likeness (QED) is 0.698. The van der Waals surface area contributed by atoms with Crippen LogP contribution in [0.5, 0.6) is 0 Å². The molecule has 1 aromatic heterocycles. The Morgan fingerprint density at radius 2 is 1.89 bits per heavy atom. The highest BCUT2D eigenvalue weighted by Crippen LogP contribution is 2.32. The largest absolute Gasteiger partial charge is 0.294 e. The van der Waals surface area contributed by atoms with Gasteiger partial charge >= 0.3 is 0 Å². The van der Waals surface area contributed by atoms with Crippen LogP contribution in [0.25, 0.3) is 0 Å². The minimum absolute atomic E-state index is 0.0575. The first-order chi connectivity index (χ1) is 8.56. The molecule has 0 bridgehead atoms. The molecule has 1 heterocycles. The number of pyridine rings is 1. The molecule has 0 N–H and O–H groups in total. The molecule has 2 nitrogen and oxygen atoms in total. The molecule has 0 aliphatic rings. The van der Waals surface area contributed by atoms with Crippen LogP contribution in [0.1, 0.15) is 17.3 Å². The van der Waals surface area contributed by atoms with E-state index in [-0.39, 0.29) is 5.78 Å². The van der Waals surface area contributed by atoms with E-state index in [4.69, 9.17) is 0 Å². The molecular weight excluding hydrogens is 378 g/mol. The number of Topliss-reactive ketones (excluding diaryl/α,β-unsaturated/α-hetero) is 1. The zero-order valence-electron chi connectivity index (χ0n) is 9.48. The first-order valence-corrected chi connectivity index (χ1v) is 7.56. The van der Waals surface area contributed by atoms with Crippen LogP contribution in [0.4, 0.5) is 0 Å². The molecule has 0 saturated heterocycles. The van der Waals surface area contributed by atoms with Gasteiger partial charge < -0.3 is 0 Å². The Hall–Kier alpha value is -0.650. The molecule has 2 aromatic rings. The Morgan fingerprint density at radius 3 is 2.50 bits per heavy atom. The minimum atomic E-state index is 0.0575. The summed E-state index contributed by atoms with van der Waals surface area (Å²) in [6.07, 6.45) is 1.74. The summed E-state index contributed by atoms with van der Waals surface area (Å²) in [6, 6.07) is 9.48. The number of carbonyl (C=O) groups is 1. The van der Waals surface area contributed by atoms with Crippen LogP contribution in [-0.2, 0) is 0 Å². The maximum atomic E-state index is 11.6. The van der Waals surface area contributed by atoms with E-state index in [0.717, 1.165) is 18.9 Å². The van der Waals surface area contributed by atoms with E-state index in [0.29, 0.717) is 5.56 Å². The molecule has 0 amide bonds. The molecule has 0 aliphatic heterocycles. The molecule has 0 fully saturated rings. The lowest BCUT2D eigenvalue weighted by molar-refractivity contribution is 0.101. The fourth-order valence-corrected chi connectivity index (χ4v) is 3.13. The number of aromatic nitrogens is 1. The average molecular weight is 387 g/mol. The highest BCUT2D eigenvalue weighted by molar-refractivity contribution is 9.10. The van der Waals surface area contributed by atoms with Crippen LogP contribution in [0.3, 0.4) is 0 Å². The summed E-state index contributed by atoms with van der Waals surface area (Å²) in [5.74, 6) is 0.0575. The summed E-state index contributed by atoms with van der Waals surface area (Å²) < 4.78 is 1.89. The van der Waals surface area contributed by atoms with E-state index in [1.807, 2.05) is 30.3 Å². The van der Waals surface area contributed by atoms with Crippen LogP contribution in [0, 0.1) is 0 Å². The number of nitrogens with zero attached hydrogens (tertiary/aromatic N) is 1. The maximum Gasteiger partial charge on any atom is 0.160 e. The van der Waals surface area contributed by atoms with Gasteiger partial charge in [-0.15, -0.1) is 0 Å². The van der Waals surface area contributed by atoms with Gasteiger partial charge in [-0.1, -0.05) is 27.7 Å². The van der Waals surface area contributed by atoms with E-state index in [9.17, 15) is 4.79 Å². The van der Waals surface area contributed by atoms with Gasteiger partial charge in [-0.05, 0) is 53.2 Å². The number of halogens is 2. The third-order valence-corrected chi connectivity index (χ3v) is 4.21. The van der Waals surface area contributed by atoms with Gasteiger partial charge in [0.15, 0.2) is 5.78 Å². The molecule has 0 spiro atoms. The predicted molar refractivity (Wildman–Crippen MR) is 80.2 cm³/mol. The van der Waals surface area contributed by atoms with Gasteiger partial charge in [0.2, 0.25) is 0 Å². The van der Waals surface area contributed by atoms with Crippen molar-refractivity contribution in [2.75, 3.05) is 0 Å². The van der Waals surface area contributed by atoms with Crippen molar-refractivity contribution in [3.63, 3.8) is 0 Å². The van der Waals surface area contributed by atoms with Gasteiger partial charge in [-0.3, -0.25) is 4.79 Å². The summed E-state index contributed by atoms with van der Waals surface area (Å²) in [4.78, 5) is 16.8. The van der Waals surface area contributed by atoms with Crippen LogP contribution in [0.15, 0.2) is 55.4 Å². The molecule has 2 rings (SSSR count). The van der Waals surface area contributed by atoms with Crippen molar-refractivity contribution in [2.24, 2.45) is 0 Å². The van der Waals surface area contributed by atoms with Crippen molar-refractivity contribution in [1.29, 1.82) is 0 Å². The van der Waals surface area contributed by atoms with E-state index < -0.39 is 0 Å². The molecule has 92 valence electrons. The second-order valence-electron chi connectivity index (χ2n) is 3.61. The maximum absolute atomic E-state index is 11.6. The standard InChI is InChI=1S/C13H9Br2NOS/c1-8(17)11-4-2-9(14)6-12(11)18-13-5-3-10(15)7-16-13/h2-7H,1H3. The van der Waals surface area contributed by atoms with Crippen molar-refractivity contribution in [3.05, 3.63) is 51.0 Å². The minimum Gasteiger partial charge on any atom is -0.294 e. The third kappa shape index (κ3) is 3.43. The molecule has 0 aliphatic carbocycles. The molecular formula is C13H9Br2NOS. The van der Waals surface area contributed by atoms with Crippen molar-refractivity contribution in [3.8, 4) is 0 Å². The van der Waals surface area contributed by atoms with Gasteiger partial charge in [-0.2, -0.15) is 0 Å². The van der Waals surface area contributed by atoms with Crippen molar-refractivity contribution in [1.82, 2.24) is 4.98 Å². The predicted octanol–water partition coefficient (Wildman–Crippen LogP) is 4.96. The Balaban J connectivity index is 2.35. The average Bonchev–Trinajstić information content (AvgIpc) is 2.32. The lowest BCUT2D eigenvalue weighted by Crippen LogP contribution is -1.95. The van der Waals surface area contributed by atoms with Gasteiger partial charge in [0.1, 0.15) is 5.03 Å². The monoisotopic (exact) mass is 385 g/mol. The molecule has 18 heavy (non-hydrogen) atoms. The van der Waals surface area contributed by atoms with Crippen molar-refractivity contribution in [2.45, 2.75) is 16.8 Å². The number of ketones is 1. The molecule has 0 saturated carbocycles. The van der Waals surface area contributed by atoms with Crippen LogP contribution < -0.4 is 0 Å². The molecule has 5 heteroatoms. The molecule has 0 unspecified atom stereocenters. The summed E-state index contributed by atoms with van der Waals surface area (Å²) >= 11 is 8.25. The summed E-state index contributed by atoms with van der Waals surface area (Å²) in [5.41, 5.74) is 0.716. The fraction of sp³-hybridized carbons (Fsp3) is 0.0769. The van der Waals surface area contributed by atoms with Crippen LogP contribution >= 0.6 is 43.6 Å². The van der Waals surface area contributed by atoms with Gasteiger partial charge in [-0.25, -0.2) is 4.98 Å². The Bertz CT molecular complexity index is 584. The number of carbonyl (C=O) groups excluding carboxylic acids is 1. The highest BCUT2D eigenvalue weighted by atomic mass is 79.9. The lowest BCUT2D eigenvalue weighted by Gasteiger charge is -2.06. The smallest absolute Gasteiger partial charge is 0.160 e. The summed E-state index contributed by atoms with van der Waals surface area (Å²) in [5, 5.41) is 0.860. The lowest BCUT2D eigenvalue weighted by atomic mass is 10.1. The van der Waals surface area contributed by atoms with Crippen LogP contribution in [-0.4, -0.2) is 10.8 Å². The second kappa shape index (κ2) is 5.99. The second-order valence-corrected chi connectivity index (χ2v) is 6.51. The Labute approximate surface area is 126 Å².